The lowest BCUT2D eigenvalue weighted by Gasteiger charge is -2.24. The second-order valence-electron chi connectivity index (χ2n) is 6.62. The third kappa shape index (κ3) is 5.10. The minimum atomic E-state index is -0.250. The van der Waals surface area contributed by atoms with Crippen molar-refractivity contribution >= 4 is 56.5 Å². The molecule has 0 saturated heterocycles. The molecule has 1 atom stereocenters. The maximum atomic E-state index is 12.6. The number of nitrogens with zero attached hydrogens (tertiary/aromatic N) is 1. The monoisotopic (exact) mass is 489 g/mol. The Kier molecular flexibility index (Phi) is 7.17. The number of carbonyl (C=O) groups is 2. The minimum absolute atomic E-state index is 0.108. The van der Waals surface area contributed by atoms with Crippen LogP contribution in [-0.2, 0) is 16.0 Å². The van der Waals surface area contributed by atoms with E-state index in [0.29, 0.717) is 10.6 Å². The first-order valence-corrected chi connectivity index (χ1v) is 11.8. The van der Waals surface area contributed by atoms with Crippen LogP contribution in [0.3, 0.4) is 0 Å². The lowest BCUT2D eigenvalue weighted by molar-refractivity contribution is -0.121. The van der Waals surface area contributed by atoms with Gasteiger partial charge in [0.05, 0.1) is 22.4 Å². The number of nitriles is 1. The second-order valence-corrected chi connectivity index (χ2v) is 9.50. The van der Waals surface area contributed by atoms with Gasteiger partial charge >= 0.3 is 0 Å². The van der Waals surface area contributed by atoms with Crippen molar-refractivity contribution in [3.63, 3.8) is 0 Å². The highest BCUT2D eigenvalue weighted by Gasteiger charge is 2.30. The molecule has 2 N–H and O–H groups in total. The molecule has 8 heteroatoms. The molecule has 1 aromatic carbocycles. The van der Waals surface area contributed by atoms with Crippen LogP contribution in [0.15, 0.2) is 44.7 Å². The molecular formula is C21H20BrN3O2S2. The molecule has 0 fully saturated rings. The molecule has 1 aromatic heterocycles. The van der Waals surface area contributed by atoms with Gasteiger partial charge in [-0.15, -0.1) is 11.3 Å². The predicted octanol–water partition coefficient (Wildman–Crippen LogP) is 5.09. The Labute approximate surface area is 186 Å². The maximum Gasteiger partial charge on any atom is 0.234 e. The van der Waals surface area contributed by atoms with Crippen LogP contribution in [0.4, 0.5) is 5.69 Å². The van der Waals surface area contributed by atoms with E-state index in [9.17, 15) is 14.9 Å². The molecule has 2 aromatic rings. The Balaban J connectivity index is 1.75. The Morgan fingerprint density at radius 1 is 1.48 bits per heavy atom. The first kappa shape index (κ1) is 21.6. The highest BCUT2D eigenvalue weighted by Crippen LogP contribution is 2.37. The summed E-state index contributed by atoms with van der Waals surface area (Å²) in [6, 6.07) is 10.0. The first-order chi connectivity index (χ1) is 13.9. The van der Waals surface area contributed by atoms with Gasteiger partial charge in [-0.05, 0) is 48.1 Å². The average molecular weight is 490 g/mol. The highest BCUT2D eigenvalue weighted by atomic mass is 79.9. The van der Waals surface area contributed by atoms with Crippen molar-refractivity contribution in [3.8, 4) is 6.07 Å². The minimum Gasteiger partial charge on any atom is -0.325 e. The molecule has 0 bridgehead atoms. The Hall–Kier alpha value is -2.08. The zero-order valence-electron chi connectivity index (χ0n) is 16.0. The summed E-state index contributed by atoms with van der Waals surface area (Å²) in [5, 5.41) is 17.8. The molecule has 0 unspecified atom stereocenters. The van der Waals surface area contributed by atoms with E-state index in [1.165, 1.54) is 23.1 Å². The van der Waals surface area contributed by atoms with Crippen molar-refractivity contribution in [2.45, 2.75) is 32.6 Å². The number of halogens is 1. The molecule has 2 heterocycles. The normalized spacial score (nSPS) is 16.3. The van der Waals surface area contributed by atoms with Crippen LogP contribution in [0.1, 0.15) is 35.3 Å². The molecule has 0 radical (unpaired) electrons. The standard InChI is InChI=1S/C21H20BrN3O2S2/c1-3-13-8-14(22)7-12(2)20(13)24-19(27)11-29-21-16(10-23)15(9-18(26)25-21)17-5-4-6-28-17/h4-8,15H,3,9,11H2,1-2H3,(H,24,27)(H,25,26)/t15-/m1/s1. The smallest absolute Gasteiger partial charge is 0.234 e. The number of benzene rings is 1. The van der Waals surface area contributed by atoms with E-state index in [2.05, 4.69) is 32.6 Å². The number of amides is 2. The molecule has 3 rings (SSSR count). The van der Waals surface area contributed by atoms with Crippen LogP contribution in [-0.4, -0.2) is 17.6 Å². The Morgan fingerprint density at radius 3 is 2.93 bits per heavy atom. The largest absolute Gasteiger partial charge is 0.325 e. The number of hydrogen-bond donors (Lipinski definition) is 2. The number of thioether (sulfide) groups is 1. The van der Waals surface area contributed by atoms with E-state index in [1.54, 1.807) is 0 Å². The van der Waals surface area contributed by atoms with E-state index in [1.807, 2.05) is 43.5 Å². The summed E-state index contributed by atoms with van der Waals surface area (Å²) in [5.41, 5.74) is 3.37. The summed E-state index contributed by atoms with van der Waals surface area (Å²) < 4.78 is 0.979. The van der Waals surface area contributed by atoms with Crippen molar-refractivity contribution in [1.82, 2.24) is 5.32 Å². The Morgan fingerprint density at radius 2 is 2.28 bits per heavy atom. The van der Waals surface area contributed by atoms with Crippen LogP contribution < -0.4 is 10.6 Å². The fourth-order valence-corrected chi connectivity index (χ4v) is 5.58. The third-order valence-corrected chi connectivity index (χ3v) is 7.08. The number of carbonyl (C=O) groups excluding carboxylic acids is 2. The predicted molar refractivity (Wildman–Crippen MR) is 122 cm³/mol. The zero-order chi connectivity index (χ0) is 21.0. The molecule has 29 heavy (non-hydrogen) atoms. The average Bonchev–Trinajstić information content (AvgIpc) is 3.22. The van der Waals surface area contributed by atoms with Crippen LogP contribution in [0.5, 0.6) is 0 Å². The zero-order valence-corrected chi connectivity index (χ0v) is 19.3. The fourth-order valence-electron chi connectivity index (χ4n) is 3.25. The number of rotatable bonds is 6. The van der Waals surface area contributed by atoms with Crippen LogP contribution >= 0.6 is 39.0 Å². The number of anilines is 1. The van der Waals surface area contributed by atoms with Gasteiger partial charge in [-0.2, -0.15) is 5.26 Å². The van der Waals surface area contributed by atoms with E-state index < -0.39 is 0 Å². The number of allylic oxidation sites excluding steroid dienone is 1. The van der Waals surface area contributed by atoms with E-state index in [-0.39, 0.29) is 29.9 Å². The molecule has 0 aliphatic carbocycles. The van der Waals surface area contributed by atoms with Gasteiger partial charge in [-0.25, -0.2) is 0 Å². The summed E-state index contributed by atoms with van der Waals surface area (Å²) in [7, 11) is 0. The fraction of sp³-hybridized carbons (Fsp3) is 0.286. The molecule has 2 amide bonds. The van der Waals surface area contributed by atoms with Crippen molar-refractivity contribution in [2.24, 2.45) is 0 Å². The highest BCUT2D eigenvalue weighted by molar-refractivity contribution is 9.10. The molecule has 1 aliphatic rings. The second kappa shape index (κ2) is 9.61. The van der Waals surface area contributed by atoms with E-state index >= 15 is 0 Å². The molecular weight excluding hydrogens is 470 g/mol. The van der Waals surface area contributed by atoms with Crippen molar-refractivity contribution in [2.75, 3.05) is 11.1 Å². The van der Waals surface area contributed by atoms with Gasteiger partial charge in [-0.3, -0.25) is 9.59 Å². The number of nitrogens with one attached hydrogen (secondary N) is 2. The van der Waals surface area contributed by atoms with E-state index in [0.717, 1.165) is 32.6 Å². The van der Waals surface area contributed by atoms with Crippen LogP contribution in [0.25, 0.3) is 0 Å². The lowest BCUT2D eigenvalue weighted by Crippen LogP contribution is -2.31. The van der Waals surface area contributed by atoms with Crippen molar-refractivity contribution in [1.29, 1.82) is 5.26 Å². The van der Waals surface area contributed by atoms with Gasteiger partial charge < -0.3 is 10.6 Å². The molecule has 150 valence electrons. The van der Waals surface area contributed by atoms with Crippen LogP contribution in [0, 0.1) is 18.3 Å². The lowest BCUT2D eigenvalue weighted by atomic mass is 9.93. The SMILES string of the molecule is CCc1cc(Br)cc(C)c1NC(=O)CSC1=C(C#N)[C@H](c2cccs2)CC(=O)N1. The summed E-state index contributed by atoms with van der Waals surface area (Å²) in [6.07, 6.45) is 1.04. The van der Waals surface area contributed by atoms with Gasteiger partial charge in [0.1, 0.15) is 0 Å². The summed E-state index contributed by atoms with van der Waals surface area (Å²) >= 11 is 6.21. The quantitative estimate of drug-likeness (QED) is 0.591. The van der Waals surface area contributed by atoms with Gasteiger partial charge in [0.2, 0.25) is 11.8 Å². The number of thiophene rings is 1. The van der Waals surface area contributed by atoms with E-state index in [4.69, 9.17) is 0 Å². The maximum absolute atomic E-state index is 12.6. The third-order valence-electron chi connectivity index (χ3n) is 4.62. The van der Waals surface area contributed by atoms with Gasteiger partial charge in [-0.1, -0.05) is 40.7 Å². The summed E-state index contributed by atoms with van der Waals surface area (Å²) in [6.45, 7) is 3.99. The van der Waals surface area contributed by atoms with Crippen molar-refractivity contribution < 1.29 is 9.59 Å². The number of aryl methyl sites for hydroxylation is 2. The first-order valence-electron chi connectivity index (χ1n) is 9.12. The van der Waals surface area contributed by atoms with Crippen molar-refractivity contribution in [3.05, 3.63) is 60.7 Å². The van der Waals surface area contributed by atoms with Gasteiger partial charge in [0, 0.05) is 27.4 Å². The topological polar surface area (TPSA) is 82.0 Å². The van der Waals surface area contributed by atoms with Gasteiger partial charge in [0.15, 0.2) is 0 Å². The number of hydrogen-bond acceptors (Lipinski definition) is 5. The molecule has 1 aliphatic heterocycles. The molecule has 5 nitrogen and oxygen atoms in total. The summed E-state index contributed by atoms with van der Waals surface area (Å²) in [5.74, 6) is -0.453. The Bertz CT molecular complexity index is 1010. The summed E-state index contributed by atoms with van der Waals surface area (Å²) in [4.78, 5) is 25.7. The van der Waals surface area contributed by atoms with Crippen LogP contribution in [0.2, 0.25) is 0 Å². The molecule has 0 spiro atoms. The van der Waals surface area contributed by atoms with Gasteiger partial charge in [0.25, 0.3) is 0 Å². The molecule has 0 saturated carbocycles.